The summed E-state index contributed by atoms with van der Waals surface area (Å²) >= 11 is 1.30. The number of amides is 1. The molecule has 1 N–H and O–H groups in total. The van der Waals surface area contributed by atoms with Gasteiger partial charge in [0.05, 0.1) is 12.3 Å². The number of thiazole rings is 1. The number of hydrogen-bond acceptors (Lipinski definition) is 7. The quantitative estimate of drug-likeness (QED) is 0.299. The van der Waals surface area contributed by atoms with Gasteiger partial charge in [0.15, 0.2) is 29.8 Å². The van der Waals surface area contributed by atoms with E-state index in [4.69, 9.17) is 14.2 Å². The Hall–Kier alpha value is -4.17. The topological polar surface area (TPSA) is 86.8 Å². The first-order valence-corrected chi connectivity index (χ1v) is 11.9. The number of nitrogens with one attached hydrogen (secondary N) is 1. The van der Waals surface area contributed by atoms with Gasteiger partial charge in [0.2, 0.25) is 0 Å². The van der Waals surface area contributed by atoms with Crippen molar-refractivity contribution in [2.24, 2.45) is 0 Å². The van der Waals surface area contributed by atoms with Gasteiger partial charge in [-0.25, -0.2) is 9.78 Å². The van der Waals surface area contributed by atoms with Crippen LogP contribution >= 0.6 is 11.3 Å². The van der Waals surface area contributed by atoms with Crippen LogP contribution in [0.5, 0.6) is 11.5 Å². The van der Waals surface area contributed by atoms with Crippen LogP contribution in [0.15, 0.2) is 84.2 Å². The number of anilines is 1. The normalized spacial score (nSPS) is 10.4. The maximum absolute atomic E-state index is 12.2. The van der Waals surface area contributed by atoms with Crippen LogP contribution in [-0.2, 0) is 14.3 Å². The molecule has 7 nitrogen and oxygen atoms in total. The number of hydrogen-bond donors (Lipinski definition) is 1. The average molecular weight is 489 g/mol. The minimum absolute atomic E-state index is 0.336. The molecule has 1 heterocycles. The molecular formula is C27H24N2O5S. The summed E-state index contributed by atoms with van der Waals surface area (Å²) in [6.07, 6.45) is 0. The zero-order chi connectivity index (χ0) is 24.5. The fourth-order valence-electron chi connectivity index (χ4n) is 3.25. The summed E-state index contributed by atoms with van der Waals surface area (Å²) in [6.45, 7) is 1.56. The summed E-state index contributed by atoms with van der Waals surface area (Å²) in [4.78, 5) is 28.6. The van der Waals surface area contributed by atoms with Crippen LogP contribution in [0.4, 0.5) is 5.13 Å². The highest BCUT2D eigenvalue weighted by Gasteiger charge is 2.13. The number of carbonyl (C=O) groups is 2. The number of aromatic nitrogens is 1. The molecule has 0 spiro atoms. The van der Waals surface area contributed by atoms with Crippen molar-refractivity contribution in [3.05, 3.63) is 84.2 Å². The lowest BCUT2D eigenvalue weighted by Gasteiger charge is -2.11. The first kappa shape index (κ1) is 24.0. The highest BCUT2D eigenvalue weighted by Crippen LogP contribution is 2.28. The van der Waals surface area contributed by atoms with Crippen molar-refractivity contribution in [2.75, 3.05) is 25.1 Å². The first-order chi connectivity index (χ1) is 17.1. The molecule has 1 amide bonds. The molecule has 8 heteroatoms. The fraction of sp³-hybridized carbons (Fsp3) is 0.148. The summed E-state index contributed by atoms with van der Waals surface area (Å²) in [6, 6.07) is 25.2. The van der Waals surface area contributed by atoms with E-state index in [0.29, 0.717) is 23.2 Å². The van der Waals surface area contributed by atoms with E-state index < -0.39 is 18.5 Å². The number of para-hydroxylation sites is 2. The van der Waals surface area contributed by atoms with Gasteiger partial charge in [0, 0.05) is 10.9 Å². The van der Waals surface area contributed by atoms with Gasteiger partial charge in [-0.1, -0.05) is 66.7 Å². The summed E-state index contributed by atoms with van der Waals surface area (Å²) in [5.74, 6) is -0.170. The van der Waals surface area contributed by atoms with Gasteiger partial charge >= 0.3 is 5.97 Å². The molecule has 178 valence electrons. The highest BCUT2D eigenvalue weighted by molar-refractivity contribution is 7.14. The Morgan fingerprint density at radius 2 is 1.43 bits per heavy atom. The zero-order valence-electron chi connectivity index (χ0n) is 19.1. The zero-order valence-corrected chi connectivity index (χ0v) is 19.9. The molecule has 0 aliphatic carbocycles. The summed E-state index contributed by atoms with van der Waals surface area (Å²) < 4.78 is 15.9. The first-order valence-electron chi connectivity index (χ1n) is 11.0. The van der Waals surface area contributed by atoms with Crippen LogP contribution in [-0.4, -0.2) is 36.7 Å². The van der Waals surface area contributed by atoms with Crippen molar-refractivity contribution < 1.29 is 23.8 Å². The fourth-order valence-corrected chi connectivity index (χ4v) is 3.99. The van der Waals surface area contributed by atoms with E-state index in [1.165, 1.54) is 11.3 Å². The van der Waals surface area contributed by atoms with Crippen molar-refractivity contribution >= 4 is 28.3 Å². The number of carbonyl (C=O) groups excluding carboxylic acids is 2. The second-order valence-electron chi connectivity index (χ2n) is 7.36. The number of rotatable bonds is 10. The monoisotopic (exact) mass is 488 g/mol. The summed E-state index contributed by atoms with van der Waals surface area (Å²) in [5, 5.41) is 4.94. The molecule has 0 atom stereocenters. The molecule has 0 aliphatic rings. The Balaban J connectivity index is 1.25. The third-order valence-corrected chi connectivity index (χ3v) is 5.65. The second kappa shape index (κ2) is 11.8. The number of benzene rings is 3. The van der Waals surface area contributed by atoms with Crippen LogP contribution < -0.4 is 14.8 Å². The van der Waals surface area contributed by atoms with E-state index in [1.807, 2.05) is 60.8 Å². The second-order valence-corrected chi connectivity index (χ2v) is 8.22. The van der Waals surface area contributed by atoms with E-state index in [1.54, 1.807) is 18.2 Å². The van der Waals surface area contributed by atoms with Crippen molar-refractivity contribution in [1.29, 1.82) is 0 Å². The van der Waals surface area contributed by atoms with Gasteiger partial charge in [-0.2, -0.15) is 0 Å². The van der Waals surface area contributed by atoms with Crippen molar-refractivity contribution in [3.63, 3.8) is 0 Å². The molecule has 0 unspecified atom stereocenters. The molecule has 1 aromatic heterocycles. The van der Waals surface area contributed by atoms with Crippen LogP contribution in [0.3, 0.4) is 0 Å². The molecule has 0 saturated heterocycles. The van der Waals surface area contributed by atoms with Gasteiger partial charge < -0.3 is 14.2 Å². The third-order valence-electron chi connectivity index (χ3n) is 4.90. The number of nitrogens with zero attached hydrogens (tertiary/aromatic N) is 1. The standard InChI is InChI=1S/C27H24N2O5S/c1-2-32-23-10-6-7-11-24(23)33-17-26(31)34-16-25(30)29-27-28-22(18-35-27)21-14-12-20(13-15-21)19-8-4-3-5-9-19/h3-15,18H,2,16-17H2,1H3,(H,28,29,30). The molecule has 4 aromatic rings. The molecule has 0 fully saturated rings. The highest BCUT2D eigenvalue weighted by atomic mass is 32.1. The Morgan fingerprint density at radius 1 is 0.800 bits per heavy atom. The van der Waals surface area contributed by atoms with E-state index in [9.17, 15) is 9.59 Å². The smallest absolute Gasteiger partial charge is 0.344 e. The lowest BCUT2D eigenvalue weighted by molar-refractivity contribution is -0.149. The predicted molar refractivity (Wildman–Crippen MR) is 136 cm³/mol. The predicted octanol–water partition coefficient (Wildman–Crippen LogP) is 5.44. The molecule has 0 saturated carbocycles. The Labute approximate surface area is 207 Å². The minimum Gasteiger partial charge on any atom is -0.490 e. The maximum Gasteiger partial charge on any atom is 0.344 e. The largest absolute Gasteiger partial charge is 0.490 e. The SMILES string of the molecule is CCOc1ccccc1OCC(=O)OCC(=O)Nc1nc(-c2ccc(-c3ccccc3)cc2)cs1. The van der Waals surface area contributed by atoms with Gasteiger partial charge in [0.25, 0.3) is 5.91 Å². The van der Waals surface area contributed by atoms with Gasteiger partial charge in [-0.3, -0.25) is 10.1 Å². The molecule has 4 rings (SSSR count). The third kappa shape index (κ3) is 6.68. The molecule has 0 bridgehead atoms. The Morgan fingerprint density at radius 3 is 2.14 bits per heavy atom. The number of ether oxygens (including phenoxy) is 3. The average Bonchev–Trinajstić information content (AvgIpc) is 3.36. The van der Waals surface area contributed by atoms with Crippen molar-refractivity contribution in [3.8, 4) is 33.9 Å². The van der Waals surface area contributed by atoms with Crippen LogP contribution in [0.1, 0.15) is 6.92 Å². The van der Waals surface area contributed by atoms with Crippen LogP contribution in [0.2, 0.25) is 0 Å². The van der Waals surface area contributed by atoms with E-state index in [-0.39, 0.29) is 6.61 Å². The summed E-state index contributed by atoms with van der Waals surface area (Å²) in [7, 11) is 0. The molecule has 0 radical (unpaired) electrons. The maximum atomic E-state index is 12.2. The van der Waals surface area contributed by atoms with Crippen molar-refractivity contribution in [1.82, 2.24) is 4.98 Å². The van der Waals surface area contributed by atoms with E-state index in [2.05, 4.69) is 22.4 Å². The van der Waals surface area contributed by atoms with E-state index in [0.717, 1.165) is 22.4 Å². The van der Waals surface area contributed by atoms with Crippen molar-refractivity contribution in [2.45, 2.75) is 6.92 Å². The molecule has 3 aromatic carbocycles. The minimum atomic E-state index is -0.662. The Kier molecular flexibility index (Phi) is 8.08. The lowest BCUT2D eigenvalue weighted by Crippen LogP contribution is -2.23. The van der Waals surface area contributed by atoms with Gasteiger partial charge in [-0.15, -0.1) is 11.3 Å². The van der Waals surface area contributed by atoms with E-state index >= 15 is 0 Å². The number of esters is 1. The lowest BCUT2D eigenvalue weighted by atomic mass is 10.0. The van der Waals surface area contributed by atoms with Gasteiger partial charge in [0.1, 0.15) is 0 Å². The molecule has 35 heavy (non-hydrogen) atoms. The summed E-state index contributed by atoms with van der Waals surface area (Å²) in [5.41, 5.74) is 3.95. The molecular weight excluding hydrogens is 464 g/mol. The molecule has 0 aliphatic heterocycles. The van der Waals surface area contributed by atoms with Crippen LogP contribution in [0, 0.1) is 0 Å². The Bertz CT molecular complexity index is 1270. The van der Waals surface area contributed by atoms with Crippen LogP contribution in [0.25, 0.3) is 22.4 Å². The van der Waals surface area contributed by atoms with Gasteiger partial charge in [-0.05, 0) is 30.2 Å².